The molecule has 1 unspecified atom stereocenters. The van der Waals surface area contributed by atoms with Crippen LogP contribution in [0.15, 0.2) is 24.5 Å². The molecule has 0 aliphatic carbocycles. The number of nitrogens with one attached hydrogen (secondary N) is 1. The van der Waals surface area contributed by atoms with Crippen molar-refractivity contribution in [1.82, 2.24) is 19.9 Å². The standard InChI is InChI=1S/C15H18N6O2S2/c1-15(2,9-25(4,23)18-10-16)13(22)21(3)14-20-19-12(24-14)11-6-5-7-17-8-11/h5-9H,1-4H3,(H,18,23). The SMILES string of the molecule is CN(C(=O)C(C)(C)C=S(C)(=O)NC#N)c1nnc(-c2cccnc2)s1. The highest BCUT2D eigenvalue weighted by Crippen LogP contribution is 2.29. The van der Waals surface area contributed by atoms with Crippen molar-refractivity contribution >= 4 is 37.5 Å². The second kappa shape index (κ2) is 7.16. The minimum absolute atomic E-state index is 0.310. The minimum atomic E-state index is -2.76. The van der Waals surface area contributed by atoms with Gasteiger partial charge in [0.2, 0.25) is 11.0 Å². The summed E-state index contributed by atoms with van der Waals surface area (Å²) in [5.74, 6) is -0.310. The van der Waals surface area contributed by atoms with E-state index in [0.717, 1.165) is 5.56 Å². The highest BCUT2D eigenvalue weighted by Gasteiger charge is 2.32. The first-order valence-electron chi connectivity index (χ1n) is 7.19. The predicted octanol–water partition coefficient (Wildman–Crippen LogP) is 1.29. The third kappa shape index (κ3) is 4.52. The summed E-state index contributed by atoms with van der Waals surface area (Å²) < 4.78 is 14.5. The van der Waals surface area contributed by atoms with Crippen molar-refractivity contribution in [3.63, 3.8) is 0 Å². The highest BCUT2D eigenvalue weighted by atomic mass is 32.2. The molecule has 1 atom stereocenters. The number of hydrogen-bond acceptors (Lipinski definition) is 7. The summed E-state index contributed by atoms with van der Waals surface area (Å²) in [7, 11) is -1.18. The quantitative estimate of drug-likeness (QED) is 0.477. The fourth-order valence-electron chi connectivity index (χ4n) is 2.21. The maximum Gasteiger partial charge on any atom is 0.238 e. The molecular formula is C15H18N6O2S2. The number of aromatic nitrogens is 3. The number of amides is 1. The summed E-state index contributed by atoms with van der Waals surface area (Å²) in [4.78, 5) is 18.2. The molecule has 0 saturated carbocycles. The van der Waals surface area contributed by atoms with Gasteiger partial charge in [-0.2, -0.15) is 5.26 Å². The Labute approximate surface area is 150 Å². The zero-order valence-corrected chi connectivity index (χ0v) is 15.9. The van der Waals surface area contributed by atoms with Gasteiger partial charge in [-0.25, -0.2) is 8.93 Å². The first-order chi connectivity index (χ1) is 11.7. The van der Waals surface area contributed by atoms with Gasteiger partial charge in [0, 0.05) is 36.6 Å². The lowest BCUT2D eigenvalue weighted by Crippen LogP contribution is -2.41. The molecule has 132 valence electrons. The molecule has 0 fully saturated rings. The number of hydrogen-bond donors (Lipinski definition) is 1. The van der Waals surface area contributed by atoms with Gasteiger partial charge in [0.15, 0.2) is 11.2 Å². The topological polar surface area (TPSA) is 112 Å². The van der Waals surface area contributed by atoms with Gasteiger partial charge >= 0.3 is 0 Å². The van der Waals surface area contributed by atoms with Gasteiger partial charge in [0.1, 0.15) is 0 Å². The van der Waals surface area contributed by atoms with E-state index in [9.17, 15) is 9.00 Å². The van der Waals surface area contributed by atoms with Crippen LogP contribution < -0.4 is 9.62 Å². The number of carbonyl (C=O) groups is 1. The van der Waals surface area contributed by atoms with Crippen molar-refractivity contribution in [1.29, 1.82) is 5.26 Å². The van der Waals surface area contributed by atoms with E-state index in [1.807, 2.05) is 6.07 Å². The molecule has 1 amide bonds. The number of carbonyl (C=O) groups excluding carboxylic acids is 1. The molecule has 2 aromatic heterocycles. The Kier molecular flexibility index (Phi) is 5.39. The lowest BCUT2D eigenvalue weighted by molar-refractivity contribution is -0.123. The Bertz CT molecular complexity index is 923. The molecule has 0 aliphatic rings. The third-order valence-electron chi connectivity index (χ3n) is 3.23. The Morgan fingerprint density at radius 3 is 2.80 bits per heavy atom. The van der Waals surface area contributed by atoms with E-state index in [0.29, 0.717) is 10.1 Å². The molecule has 0 spiro atoms. The van der Waals surface area contributed by atoms with Crippen LogP contribution in [0.4, 0.5) is 5.13 Å². The second-order valence-corrected chi connectivity index (χ2v) is 9.16. The number of rotatable bonds is 5. The van der Waals surface area contributed by atoms with Crippen LogP contribution in [-0.4, -0.2) is 44.0 Å². The lowest BCUT2D eigenvalue weighted by atomic mass is 9.95. The van der Waals surface area contributed by atoms with Gasteiger partial charge in [0.25, 0.3) is 0 Å². The molecule has 1 N–H and O–H groups in total. The van der Waals surface area contributed by atoms with Crippen molar-refractivity contribution < 1.29 is 9.00 Å². The van der Waals surface area contributed by atoms with Crippen LogP contribution in [0.3, 0.4) is 0 Å². The van der Waals surface area contributed by atoms with Gasteiger partial charge in [0.05, 0.1) is 15.1 Å². The maximum atomic E-state index is 12.8. The van der Waals surface area contributed by atoms with Crippen LogP contribution in [0, 0.1) is 16.9 Å². The molecule has 25 heavy (non-hydrogen) atoms. The van der Waals surface area contributed by atoms with Gasteiger partial charge < -0.3 is 0 Å². The van der Waals surface area contributed by atoms with Crippen molar-refractivity contribution in [3.05, 3.63) is 24.5 Å². The molecule has 10 heteroatoms. The summed E-state index contributed by atoms with van der Waals surface area (Å²) in [5.41, 5.74) is -0.252. The summed E-state index contributed by atoms with van der Waals surface area (Å²) in [5, 5.41) is 19.2. The van der Waals surface area contributed by atoms with E-state index >= 15 is 0 Å². The molecule has 0 saturated heterocycles. The van der Waals surface area contributed by atoms with Crippen LogP contribution in [-0.2, 0) is 14.5 Å². The van der Waals surface area contributed by atoms with E-state index in [1.165, 1.54) is 27.9 Å². The van der Waals surface area contributed by atoms with E-state index in [4.69, 9.17) is 5.26 Å². The first kappa shape index (κ1) is 18.8. The van der Waals surface area contributed by atoms with Crippen LogP contribution in [0.1, 0.15) is 13.8 Å². The normalized spacial score (nSPS) is 13.4. The van der Waals surface area contributed by atoms with Gasteiger partial charge in [-0.1, -0.05) is 11.3 Å². The summed E-state index contributed by atoms with van der Waals surface area (Å²) in [6.45, 7) is 3.27. The second-order valence-electron chi connectivity index (χ2n) is 5.95. The highest BCUT2D eigenvalue weighted by molar-refractivity contribution is 7.99. The van der Waals surface area contributed by atoms with E-state index in [1.54, 1.807) is 45.5 Å². The maximum absolute atomic E-state index is 12.8. The zero-order chi connectivity index (χ0) is 18.7. The fourth-order valence-corrected chi connectivity index (χ4v) is 4.47. The molecule has 8 nitrogen and oxygen atoms in total. The minimum Gasteiger partial charge on any atom is -0.289 e. The van der Waals surface area contributed by atoms with Crippen molar-refractivity contribution in [2.24, 2.45) is 5.41 Å². The van der Waals surface area contributed by atoms with Gasteiger partial charge in [-0.05, 0) is 26.0 Å². The Morgan fingerprint density at radius 1 is 1.48 bits per heavy atom. The van der Waals surface area contributed by atoms with Crippen molar-refractivity contribution in [2.75, 3.05) is 18.2 Å². The number of pyridine rings is 1. The molecule has 0 radical (unpaired) electrons. The molecule has 0 aliphatic heterocycles. The van der Waals surface area contributed by atoms with Crippen molar-refractivity contribution in [2.45, 2.75) is 13.8 Å². The smallest absolute Gasteiger partial charge is 0.238 e. The van der Waals surface area contributed by atoms with E-state index in [2.05, 4.69) is 19.9 Å². The summed E-state index contributed by atoms with van der Waals surface area (Å²) in [6, 6.07) is 3.65. The monoisotopic (exact) mass is 378 g/mol. The van der Waals surface area contributed by atoms with Crippen LogP contribution in [0.5, 0.6) is 0 Å². The Hall–Kier alpha value is -2.51. The lowest BCUT2D eigenvalue weighted by Gasteiger charge is -2.25. The third-order valence-corrected chi connectivity index (χ3v) is 5.82. The molecule has 2 aromatic rings. The van der Waals surface area contributed by atoms with Crippen LogP contribution in [0.2, 0.25) is 0 Å². The van der Waals surface area contributed by atoms with Gasteiger partial charge in [-0.15, -0.1) is 10.2 Å². The average molecular weight is 378 g/mol. The number of nitriles is 1. The number of anilines is 1. The molecule has 0 bridgehead atoms. The molecule has 0 aromatic carbocycles. The van der Waals surface area contributed by atoms with E-state index in [-0.39, 0.29) is 5.91 Å². The molecule has 2 heterocycles. The first-order valence-corrected chi connectivity index (χ1v) is 10.0. The Morgan fingerprint density at radius 2 is 2.20 bits per heavy atom. The van der Waals surface area contributed by atoms with E-state index < -0.39 is 15.1 Å². The van der Waals surface area contributed by atoms with Crippen LogP contribution in [0.25, 0.3) is 10.6 Å². The fraction of sp³-hybridized carbons (Fsp3) is 0.333. The molecule has 2 rings (SSSR count). The summed E-state index contributed by atoms with van der Waals surface area (Å²) in [6.07, 6.45) is 6.35. The number of nitrogens with zero attached hydrogens (tertiary/aromatic N) is 5. The van der Waals surface area contributed by atoms with Crippen LogP contribution >= 0.6 is 11.3 Å². The molecular weight excluding hydrogens is 360 g/mol. The predicted molar refractivity (Wildman–Crippen MR) is 99.2 cm³/mol. The summed E-state index contributed by atoms with van der Waals surface area (Å²) >= 11 is 1.26. The average Bonchev–Trinajstić information content (AvgIpc) is 3.03. The van der Waals surface area contributed by atoms with Crippen molar-refractivity contribution in [3.8, 4) is 16.8 Å². The van der Waals surface area contributed by atoms with Gasteiger partial charge in [-0.3, -0.25) is 14.7 Å². The largest absolute Gasteiger partial charge is 0.289 e. The zero-order valence-electron chi connectivity index (χ0n) is 14.3. The Balaban J connectivity index is 2.27.